The summed E-state index contributed by atoms with van der Waals surface area (Å²) in [4.78, 5) is 2.27. The van der Waals surface area contributed by atoms with E-state index in [9.17, 15) is 0 Å². The van der Waals surface area contributed by atoms with Gasteiger partial charge in [0.05, 0.1) is 0 Å². The molecule has 0 rings (SSSR count). The van der Waals surface area contributed by atoms with Crippen molar-refractivity contribution in [1.29, 1.82) is 0 Å². The molecule has 0 aromatic carbocycles. The third-order valence-corrected chi connectivity index (χ3v) is 1.84. The summed E-state index contributed by atoms with van der Waals surface area (Å²) in [6, 6.07) is 0. The van der Waals surface area contributed by atoms with Gasteiger partial charge >= 0.3 is 0 Å². The summed E-state index contributed by atoms with van der Waals surface area (Å²) < 4.78 is 0. The Kier molecular flexibility index (Phi) is 5.94. The van der Waals surface area contributed by atoms with E-state index in [1.54, 1.807) is 0 Å². The molecule has 2 nitrogen and oxygen atoms in total. The van der Waals surface area contributed by atoms with Crippen LogP contribution in [0.4, 0.5) is 0 Å². The molecule has 1 N–H and O–H groups in total. The summed E-state index contributed by atoms with van der Waals surface area (Å²) in [5.41, 5.74) is 1.13. The number of likely N-dealkylation sites (N-methyl/N-ethyl adjacent to an activating group) is 1. The van der Waals surface area contributed by atoms with Crippen LogP contribution in [0.15, 0.2) is 12.3 Å². The summed E-state index contributed by atoms with van der Waals surface area (Å²) in [6.45, 7) is 11.4. The molecule has 66 valence electrons. The van der Waals surface area contributed by atoms with Crippen molar-refractivity contribution < 1.29 is 0 Å². The minimum atomic E-state index is 1.01. The molecule has 0 unspecified atom stereocenters. The van der Waals surface area contributed by atoms with Crippen LogP contribution in [-0.4, -0.2) is 31.6 Å². The van der Waals surface area contributed by atoms with Crippen molar-refractivity contribution in [1.82, 2.24) is 10.2 Å². The number of hydrogen-bond donors (Lipinski definition) is 1. The molecule has 0 saturated carbocycles. The lowest BCUT2D eigenvalue weighted by molar-refractivity contribution is 0.354. The normalized spacial score (nSPS) is 10.2. The number of rotatable bonds is 6. The Hall–Kier alpha value is -0.500. The van der Waals surface area contributed by atoms with Gasteiger partial charge in [-0.25, -0.2) is 0 Å². The van der Waals surface area contributed by atoms with E-state index in [1.165, 1.54) is 0 Å². The van der Waals surface area contributed by atoms with E-state index in [4.69, 9.17) is 0 Å². The van der Waals surface area contributed by atoms with Gasteiger partial charge in [0.15, 0.2) is 0 Å². The second-order valence-electron chi connectivity index (χ2n) is 2.78. The molecule has 0 aromatic heterocycles. The highest BCUT2D eigenvalue weighted by Gasteiger charge is 1.93. The van der Waals surface area contributed by atoms with Gasteiger partial charge in [0.1, 0.15) is 0 Å². The lowest BCUT2D eigenvalue weighted by Gasteiger charge is -2.14. The second kappa shape index (κ2) is 6.23. The highest BCUT2D eigenvalue weighted by atomic mass is 15.1. The van der Waals surface area contributed by atoms with Crippen LogP contribution in [0.5, 0.6) is 0 Å². The molecule has 0 bridgehead atoms. The Morgan fingerprint density at radius 1 is 1.45 bits per heavy atom. The van der Waals surface area contributed by atoms with Crippen LogP contribution in [0.25, 0.3) is 0 Å². The second-order valence-corrected chi connectivity index (χ2v) is 2.78. The van der Waals surface area contributed by atoms with Crippen molar-refractivity contribution in [3.05, 3.63) is 12.3 Å². The SMILES string of the molecule is C=C(CC)NCCN(C)CC. The van der Waals surface area contributed by atoms with Crippen molar-refractivity contribution in [3.63, 3.8) is 0 Å². The monoisotopic (exact) mass is 156 g/mol. The number of nitrogens with one attached hydrogen (secondary N) is 1. The smallest absolute Gasteiger partial charge is 0.0271 e. The molecule has 0 spiro atoms. The third-order valence-electron chi connectivity index (χ3n) is 1.84. The van der Waals surface area contributed by atoms with E-state index in [0.29, 0.717) is 0 Å². The van der Waals surface area contributed by atoms with Gasteiger partial charge in [-0.1, -0.05) is 20.4 Å². The van der Waals surface area contributed by atoms with Crippen LogP contribution < -0.4 is 5.32 Å². The average molecular weight is 156 g/mol. The van der Waals surface area contributed by atoms with E-state index in [2.05, 4.69) is 37.7 Å². The van der Waals surface area contributed by atoms with Gasteiger partial charge in [-0.3, -0.25) is 0 Å². The van der Waals surface area contributed by atoms with E-state index in [0.717, 1.165) is 31.8 Å². The topological polar surface area (TPSA) is 15.3 Å². The van der Waals surface area contributed by atoms with Gasteiger partial charge in [-0.05, 0) is 20.0 Å². The Morgan fingerprint density at radius 2 is 2.09 bits per heavy atom. The summed E-state index contributed by atoms with van der Waals surface area (Å²) in [7, 11) is 2.12. The van der Waals surface area contributed by atoms with Crippen molar-refractivity contribution in [3.8, 4) is 0 Å². The fraction of sp³-hybridized carbons (Fsp3) is 0.778. The zero-order chi connectivity index (χ0) is 8.69. The molecule has 0 aliphatic rings. The van der Waals surface area contributed by atoms with Crippen molar-refractivity contribution >= 4 is 0 Å². The first kappa shape index (κ1) is 10.5. The minimum Gasteiger partial charge on any atom is -0.388 e. The van der Waals surface area contributed by atoms with Crippen LogP contribution in [0, 0.1) is 0 Å². The molecule has 2 heteroatoms. The fourth-order valence-corrected chi connectivity index (χ4v) is 0.707. The highest BCUT2D eigenvalue weighted by molar-refractivity contribution is 4.88. The Morgan fingerprint density at radius 3 is 2.55 bits per heavy atom. The predicted molar refractivity (Wildman–Crippen MR) is 50.6 cm³/mol. The predicted octanol–water partition coefficient (Wildman–Crippen LogP) is 1.45. The summed E-state index contributed by atoms with van der Waals surface area (Å²) in [6.07, 6.45) is 1.02. The van der Waals surface area contributed by atoms with Crippen LogP contribution in [0.1, 0.15) is 20.3 Å². The zero-order valence-corrected chi connectivity index (χ0v) is 7.98. The molecule has 0 aromatic rings. The van der Waals surface area contributed by atoms with Gasteiger partial charge in [-0.2, -0.15) is 0 Å². The Balaban J connectivity index is 3.20. The van der Waals surface area contributed by atoms with Gasteiger partial charge in [0.25, 0.3) is 0 Å². The first-order valence-electron chi connectivity index (χ1n) is 4.30. The summed E-state index contributed by atoms with van der Waals surface area (Å²) in [5, 5.41) is 3.26. The molecule has 0 amide bonds. The molecular weight excluding hydrogens is 136 g/mol. The Bertz CT molecular complexity index is 110. The van der Waals surface area contributed by atoms with Crippen LogP contribution in [-0.2, 0) is 0 Å². The van der Waals surface area contributed by atoms with E-state index < -0.39 is 0 Å². The lowest BCUT2D eigenvalue weighted by atomic mass is 10.4. The highest BCUT2D eigenvalue weighted by Crippen LogP contribution is 1.88. The van der Waals surface area contributed by atoms with Crippen LogP contribution >= 0.6 is 0 Å². The van der Waals surface area contributed by atoms with E-state index >= 15 is 0 Å². The fourth-order valence-electron chi connectivity index (χ4n) is 0.707. The maximum absolute atomic E-state index is 3.87. The zero-order valence-electron chi connectivity index (χ0n) is 7.98. The van der Waals surface area contributed by atoms with Crippen LogP contribution in [0.3, 0.4) is 0 Å². The Labute approximate surface area is 70.3 Å². The van der Waals surface area contributed by atoms with Crippen molar-refractivity contribution in [2.24, 2.45) is 0 Å². The van der Waals surface area contributed by atoms with Gasteiger partial charge < -0.3 is 10.2 Å². The molecule has 0 radical (unpaired) electrons. The molecule has 0 aliphatic carbocycles. The molecule has 0 heterocycles. The average Bonchev–Trinajstić information content (AvgIpc) is 2.04. The number of allylic oxidation sites excluding steroid dienone is 1. The maximum Gasteiger partial charge on any atom is 0.0271 e. The molecule has 11 heavy (non-hydrogen) atoms. The van der Waals surface area contributed by atoms with Crippen LogP contribution in [0.2, 0.25) is 0 Å². The maximum atomic E-state index is 3.87. The van der Waals surface area contributed by atoms with Gasteiger partial charge in [0.2, 0.25) is 0 Å². The first-order chi connectivity index (χ1) is 5.20. The van der Waals surface area contributed by atoms with E-state index in [1.807, 2.05) is 0 Å². The first-order valence-corrected chi connectivity index (χ1v) is 4.30. The molecule has 0 saturated heterocycles. The number of hydrogen-bond acceptors (Lipinski definition) is 2. The van der Waals surface area contributed by atoms with Gasteiger partial charge in [0, 0.05) is 18.8 Å². The molecule has 0 aliphatic heterocycles. The van der Waals surface area contributed by atoms with Gasteiger partial charge in [-0.15, -0.1) is 0 Å². The third kappa shape index (κ3) is 5.92. The standard InChI is InChI=1S/C9H20N2/c1-5-9(3)10-7-8-11(4)6-2/h10H,3,5-8H2,1-2,4H3. The minimum absolute atomic E-state index is 1.01. The summed E-state index contributed by atoms with van der Waals surface area (Å²) in [5.74, 6) is 0. The quantitative estimate of drug-likeness (QED) is 0.626. The lowest BCUT2D eigenvalue weighted by Crippen LogP contribution is -2.28. The largest absolute Gasteiger partial charge is 0.388 e. The number of nitrogens with zero attached hydrogens (tertiary/aromatic N) is 1. The van der Waals surface area contributed by atoms with Crippen molar-refractivity contribution in [2.75, 3.05) is 26.7 Å². The summed E-state index contributed by atoms with van der Waals surface area (Å²) >= 11 is 0. The van der Waals surface area contributed by atoms with E-state index in [-0.39, 0.29) is 0 Å². The van der Waals surface area contributed by atoms with Crippen molar-refractivity contribution in [2.45, 2.75) is 20.3 Å². The molecule has 0 fully saturated rings. The molecule has 0 atom stereocenters. The molecular formula is C9H20N2.